The number of cyclic esters (lactones) is 1. The van der Waals surface area contributed by atoms with Crippen LogP contribution in [0.1, 0.15) is 13.3 Å². The number of carbonyl (C=O) groups is 1. The maximum atomic E-state index is 11.0. The Labute approximate surface area is 89.4 Å². The van der Waals surface area contributed by atoms with Gasteiger partial charge in [0, 0.05) is 6.54 Å². The number of thioether (sulfide) groups is 1. The Morgan fingerprint density at radius 3 is 3.07 bits per heavy atom. The van der Waals surface area contributed by atoms with Gasteiger partial charge in [-0.3, -0.25) is 0 Å². The predicted molar refractivity (Wildman–Crippen MR) is 58.5 cm³/mol. The van der Waals surface area contributed by atoms with Crippen LogP contribution in [0.15, 0.2) is 0 Å². The first-order valence-corrected chi connectivity index (χ1v) is 6.20. The molecule has 1 rings (SSSR count). The number of carbonyl (C=O) groups excluding carboxylic acids is 1. The molecule has 0 saturated carbocycles. The number of nitrogens with zero attached hydrogens (tertiary/aromatic N) is 1. The van der Waals surface area contributed by atoms with Crippen LogP contribution in [-0.4, -0.2) is 48.9 Å². The van der Waals surface area contributed by atoms with E-state index < -0.39 is 0 Å². The predicted octanol–water partition coefficient (Wildman–Crippen LogP) is 1.13. The Morgan fingerprint density at radius 2 is 2.50 bits per heavy atom. The highest BCUT2D eigenvalue weighted by atomic mass is 32.2. The molecule has 4 nitrogen and oxygen atoms in total. The maximum absolute atomic E-state index is 11.0. The molecule has 82 valence electrons. The summed E-state index contributed by atoms with van der Waals surface area (Å²) in [4.78, 5) is 12.8. The molecule has 5 heteroatoms. The molecule has 0 aromatic carbocycles. The third-order valence-electron chi connectivity index (χ3n) is 2.24. The van der Waals surface area contributed by atoms with E-state index in [2.05, 4.69) is 18.5 Å². The van der Waals surface area contributed by atoms with Crippen LogP contribution in [-0.2, 0) is 4.74 Å². The van der Waals surface area contributed by atoms with E-state index in [1.54, 1.807) is 16.7 Å². The average Bonchev–Trinajstić information content (AvgIpc) is 2.58. The topological polar surface area (TPSA) is 41.6 Å². The van der Waals surface area contributed by atoms with Crippen LogP contribution in [0.2, 0.25) is 0 Å². The zero-order chi connectivity index (χ0) is 10.4. The van der Waals surface area contributed by atoms with Crippen LogP contribution in [0.4, 0.5) is 4.79 Å². The van der Waals surface area contributed by atoms with E-state index in [1.807, 2.05) is 0 Å². The highest BCUT2D eigenvalue weighted by Crippen LogP contribution is 2.04. The summed E-state index contributed by atoms with van der Waals surface area (Å²) in [6.07, 6.45) is 2.90. The maximum Gasteiger partial charge on any atom is 0.409 e. The minimum atomic E-state index is -0.164. The van der Waals surface area contributed by atoms with Crippen molar-refractivity contribution in [1.29, 1.82) is 0 Å². The minimum absolute atomic E-state index is 0.164. The first-order chi connectivity index (χ1) is 6.74. The lowest BCUT2D eigenvalue weighted by molar-refractivity contribution is 0.158. The van der Waals surface area contributed by atoms with Gasteiger partial charge < -0.3 is 15.0 Å². The summed E-state index contributed by atoms with van der Waals surface area (Å²) in [6.45, 7) is 5.18. The zero-order valence-electron chi connectivity index (χ0n) is 8.78. The van der Waals surface area contributed by atoms with Crippen molar-refractivity contribution in [2.24, 2.45) is 0 Å². The molecule has 0 aromatic heterocycles. The molecule has 1 aliphatic heterocycles. The van der Waals surface area contributed by atoms with Crippen molar-refractivity contribution in [3.05, 3.63) is 0 Å². The summed E-state index contributed by atoms with van der Waals surface area (Å²) < 4.78 is 4.83. The van der Waals surface area contributed by atoms with E-state index in [9.17, 15) is 4.79 Å². The molecule has 1 heterocycles. The quantitative estimate of drug-likeness (QED) is 0.536. The Kier molecular flexibility index (Phi) is 5.11. The van der Waals surface area contributed by atoms with Crippen molar-refractivity contribution >= 4 is 17.9 Å². The van der Waals surface area contributed by atoms with Gasteiger partial charge in [0.1, 0.15) is 6.61 Å². The first kappa shape index (κ1) is 11.7. The molecule has 0 bridgehead atoms. The zero-order valence-corrected chi connectivity index (χ0v) is 9.60. The fourth-order valence-corrected chi connectivity index (χ4v) is 1.57. The molecule has 1 aliphatic rings. The normalized spacial score (nSPS) is 18.4. The third-order valence-corrected chi connectivity index (χ3v) is 3.11. The molecule has 0 spiro atoms. The summed E-state index contributed by atoms with van der Waals surface area (Å²) in [5.41, 5.74) is 0. The smallest absolute Gasteiger partial charge is 0.409 e. The van der Waals surface area contributed by atoms with Gasteiger partial charge in [0.15, 0.2) is 0 Å². The molecule has 1 atom stereocenters. The largest absolute Gasteiger partial charge is 0.448 e. The lowest BCUT2D eigenvalue weighted by Crippen LogP contribution is -2.30. The second kappa shape index (κ2) is 6.14. The number of rotatable bonds is 6. The van der Waals surface area contributed by atoms with E-state index >= 15 is 0 Å². The number of nitrogens with one attached hydrogen (secondary N) is 1. The number of hydrogen-bond donors (Lipinski definition) is 1. The van der Waals surface area contributed by atoms with Gasteiger partial charge >= 0.3 is 6.09 Å². The van der Waals surface area contributed by atoms with Crippen molar-refractivity contribution in [3.63, 3.8) is 0 Å². The molecular formula is C9H18N2O2S. The first-order valence-electron chi connectivity index (χ1n) is 4.92. The summed E-state index contributed by atoms with van der Waals surface area (Å²) in [6, 6.07) is 0. The van der Waals surface area contributed by atoms with E-state index in [0.717, 1.165) is 26.1 Å². The Balaban J connectivity index is 2.01. The molecule has 1 amide bonds. The van der Waals surface area contributed by atoms with Crippen LogP contribution in [0, 0.1) is 0 Å². The lowest BCUT2D eigenvalue weighted by atomic mass is 10.4. The molecule has 1 saturated heterocycles. The second-order valence-corrected chi connectivity index (χ2v) is 4.47. The average molecular weight is 218 g/mol. The number of amides is 1. The van der Waals surface area contributed by atoms with Crippen molar-refractivity contribution in [2.75, 3.05) is 32.5 Å². The summed E-state index contributed by atoms with van der Waals surface area (Å²) in [5, 5.41) is 3.84. The van der Waals surface area contributed by atoms with Gasteiger partial charge in [-0.05, 0) is 26.1 Å². The summed E-state index contributed by atoms with van der Waals surface area (Å²) in [5.74, 6) is 0. The fraction of sp³-hybridized carbons (Fsp3) is 0.889. The van der Waals surface area contributed by atoms with E-state index in [1.165, 1.54) is 0 Å². The van der Waals surface area contributed by atoms with Crippen LogP contribution < -0.4 is 5.32 Å². The van der Waals surface area contributed by atoms with Gasteiger partial charge in [0.25, 0.3) is 0 Å². The van der Waals surface area contributed by atoms with Gasteiger partial charge in [0.2, 0.25) is 0 Å². The molecule has 0 aromatic rings. The molecule has 0 aliphatic carbocycles. The highest BCUT2D eigenvalue weighted by Gasteiger charge is 2.20. The van der Waals surface area contributed by atoms with Crippen molar-refractivity contribution in [2.45, 2.75) is 18.7 Å². The molecular weight excluding hydrogens is 200 g/mol. The summed E-state index contributed by atoms with van der Waals surface area (Å²) >= 11 is 1.79. The molecule has 1 fully saturated rings. The van der Waals surface area contributed by atoms with Crippen LogP contribution in [0.3, 0.4) is 0 Å². The Morgan fingerprint density at radius 1 is 1.71 bits per heavy atom. The van der Waals surface area contributed by atoms with Crippen molar-refractivity contribution < 1.29 is 9.53 Å². The van der Waals surface area contributed by atoms with Gasteiger partial charge in [-0.25, -0.2) is 4.79 Å². The molecule has 0 radical (unpaired) electrons. The Bertz CT molecular complexity index is 190. The minimum Gasteiger partial charge on any atom is -0.448 e. The SMILES string of the molecule is CSC(C)NCCCN1CCOC1=O. The fourth-order valence-electron chi connectivity index (χ4n) is 1.29. The van der Waals surface area contributed by atoms with Crippen LogP contribution in [0.5, 0.6) is 0 Å². The van der Waals surface area contributed by atoms with Gasteiger partial charge in [-0.15, -0.1) is 11.8 Å². The monoisotopic (exact) mass is 218 g/mol. The van der Waals surface area contributed by atoms with Crippen LogP contribution in [0.25, 0.3) is 0 Å². The van der Waals surface area contributed by atoms with Gasteiger partial charge in [0.05, 0.1) is 11.9 Å². The number of hydrogen-bond acceptors (Lipinski definition) is 4. The van der Waals surface area contributed by atoms with E-state index in [-0.39, 0.29) is 6.09 Å². The van der Waals surface area contributed by atoms with E-state index in [0.29, 0.717) is 12.0 Å². The molecule has 1 N–H and O–H groups in total. The third kappa shape index (κ3) is 3.75. The standard InChI is InChI=1S/C9H18N2O2S/c1-8(14-2)10-4-3-5-11-6-7-13-9(11)12/h8,10H,3-7H2,1-2H3. The van der Waals surface area contributed by atoms with Crippen LogP contribution >= 0.6 is 11.8 Å². The summed E-state index contributed by atoms with van der Waals surface area (Å²) in [7, 11) is 0. The highest BCUT2D eigenvalue weighted by molar-refractivity contribution is 7.99. The molecule has 14 heavy (non-hydrogen) atoms. The number of ether oxygens (including phenoxy) is 1. The van der Waals surface area contributed by atoms with Crippen molar-refractivity contribution in [1.82, 2.24) is 10.2 Å². The van der Waals surface area contributed by atoms with E-state index in [4.69, 9.17) is 4.74 Å². The lowest BCUT2D eigenvalue weighted by Gasteiger charge is -2.14. The van der Waals surface area contributed by atoms with Gasteiger partial charge in [-0.1, -0.05) is 0 Å². The second-order valence-electron chi connectivity index (χ2n) is 3.29. The Hall–Kier alpha value is -0.420. The van der Waals surface area contributed by atoms with Gasteiger partial charge in [-0.2, -0.15) is 0 Å². The molecule has 1 unspecified atom stereocenters. The van der Waals surface area contributed by atoms with Crippen molar-refractivity contribution in [3.8, 4) is 0 Å².